The van der Waals surface area contributed by atoms with Crippen molar-refractivity contribution in [2.45, 2.75) is 19.4 Å². The fraction of sp³-hybridized carbons (Fsp3) is 0.227. The molecule has 4 rings (SSSR count). The lowest BCUT2D eigenvalue weighted by atomic mass is 10.1. The molecule has 0 aliphatic carbocycles. The van der Waals surface area contributed by atoms with Gasteiger partial charge in [0.25, 0.3) is 5.91 Å². The van der Waals surface area contributed by atoms with Gasteiger partial charge in [-0.3, -0.25) is 9.59 Å². The van der Waals surface area contributed by atoms with Crippen molar-refractivity contribution in [3.8, 4) is 5.69 Å². The molecule has 0 bridgehead atoms. The van der Waals surface area contributed by atoms with Crippen LogP contribution in [0.15, 0.2) is 65.5 Å². The zero-order chi connectivity index (χ0) is 20.4. The van der Waals surface area contributed by atoms with Gasteiger partial charge in [-0.25, -0.2) is 9.07 Å². The van der Waals surface area contributed by atoms with Crippen molar-refractivity contribution in [2.75, 3.05) is 18.1 Å². The molecule has 148 valence electrons. The van der Waals surface area contributed by atoms with Gasteiger partial charge >= 0.3 is 0 Å². The zero-order valence-electron chi connectivity index (χ0n) is 15.9. The minimum absolute atomic E-state index is 0.175. The number of benzene rings is 2. The SMILES string of the molecule is Cc1cc(=O)c(C(=O)N(c2ccccc2)C2CCOC2)nn1-c1ccccc1F. The maximum absolute atomic E-state index is 14.3. The lowest BCUT2D eigenvalue weighted by molar-refractivity contribution is 0.0964. The molecule has 0 spiro atoms. The molecule has 1 saturated heterocycles. The summed E-state index contributed by atoms with van der Waals surface area (Å²) in [6.07, 6.45) is 0.661. The number of amides is 1. The summed E-state index contributed by atoms with van der Waals surface area (Å²) in [6, 6.07) is 16.3. The van der Waals surface area contributed by atoms with Crippen molar-refractivity contribution in [3.63, 3.8) is 0 Å². The largest absolute Gasteiger partial charge is 0.379 e. The summed E-state index contributed by atoms with van der Waals surface area (Å²) in [4.78, 5) is 27.6. The number of carbonyl (C=O) groups excluding carboxylic acids is 1. The number of rotatable bonds is 4. The van der Waals surface area contributed by atoms with Gasteiger partial charge in [0, 0.05) is 24.1 Å². The van der Waals surface area contributed by atoms with E-state index in [1.807, 2.05) is 18.2 Å². The first kappa shape index (κ1) is 19.0. The molecule has 2 aromatic carbocycles. The van der Waals surface area contributed by atoms with E-state index in [2.05, 4.69) is 5.10 Å². The van der Waals surface area contributed by atoms with E-state index in [0.717, 1.165) is 0 Å². The molecule has 1 atom stereocenters. The number of anilines is 1. The molecule has 1 aromatic heterocycles. The van der Waals surface area contributed by atoms with Crippen LogP contribution in [-0.4, -0.2) is 34.9 Å². The van der Waals surface area contributed by atoms with Crippen LogP contribution in [0.5, 0.6) is 0 Å². The number of para-hydroxylation sites is 2. The summed E-state index contributed by atoms with van der Waals surface area (Å²) < 4.78 is 21.1. The highest BCUT2D eigenvalue weighted by Gasteiger charge is 2.32. The van der Waals surface area contributed by atoms with Gasteiger partial charge < -0.3 is 9.64 Å². The van der Waals surface area contributed by atoms with Gasteiger partial charge in [-0.15, -0.1) is 0 Å². The maximum Gasteiger partial charge on any atom is 0.283 e. The summed E-state index contributed by atoms with van der Waals surface area (Å²) in [5.41, 5.74) is 0.517. The number of halogens is 1. The van der Waals surface area contributed by atoms with Gasteiger partial charge in [-0.05, 0) is 37.6 Å². The van der Waals surface area contributed by atoms with Crippen molar-refractivity contribution in [2.24, 2.45) is 0 Å². The Morgan fingerprint density at radius 3 is 2.59 bits per heavy atom. The van der Waals surface area contributed by atoms with Crippen LogP contribution in [0.25, 0.3) is 5.69 Å². The normalized spacial score (nSPS) is 16.0. The Balaban J connectivity index is 1.82. The molecular formula is C22H20FN3O3. The molecule has 29 heavy (non-hydrogen) atoms. The van der Waals surface area contributed by atoms with Crippen molar-refractivity contribution in [3.05, 3.63) is 88.1 Å². The smallest absolute Gasteiger partial charge is 0.283 e. The summed E-state index contributed by atoms with van der Waals surface area (Å²) in [5.74, 6) is -1.02. The molecular weight excluding hydrogens is 373 g/mol. The summed E-state index contributed by atoms with van der Waals surface area (Å²) >= 11 is 0. The molecule has 0 radical (unpaired) electrons. The Hall–Kier alpha value is -3.32. The first-order valence-corrected chi connectivity index (χ1v) is 9.38. The lowest BCUT2D eigenvalue weighted by Gasteiger charge is -2.28. The highest BCUT2D eigenvalue weighted by atomic mass is 19.1. The molecule has 2 heterocycles. The summed E-state index contributed by atoms with van der Waals surface area (Å²) in [6.45, 7) is 2.57. The van der Waals surface area contributed by atoms with Crippen LogP contribution in [0.3, 0.4) is 0 Å². The van der Waals surface area contributed by atoms with Crippen LogP contribution in [0.4, 0.5) is 10.1 Å². The summed E-state index contributed by atoms with van der Waals surface area (Å²) in [5, 5.41) is 4.25. The molecule has 6 nitrogen and oxygen atoms in total. The van der Waals surface area contributed by atoms with E-state index in [1.54, 1.807) is 42.2 Å². The highest BCUT2D eigenvalue weighted by Crippen LogP contribution is 2.23. The second kappa shape index (κ2) is 7.97. The second-order valence-electron chi connectivity index (χ2n) is 6.89. The van der Waals surface area contributed by atoms with E-state index < -0.39 is 17.2 Å². The molecule has 1 amide bonds. The lowest BCUT2D eigenvalue weighted by Crippen LogP contribution is -2.43. The first-order valence-electron chi connectivity index (χ1n) is 9.38. The van der Waals surface area contributed by atoms with Gasteiger partial charge in [0.1, 0.15) is 11.5 Å². The minimum atomic E-state index is -0.526. The van der Waals surface area contributed by atoms with E-state index >= 15 is 0 Å². The van der Waals surface area contributed by atoms with Crippen molar-refractivity contribution < 1.29 is 13.9 Å². The quantitative estimate of drug-likeness (QED) is 0.683. The Kier molecular flexibility index (Phi) is 5.22. The molecule has 3 aromatic rings. The van der Waals surface area contributed by atoms with Crippen LogP contribution in [0, 0.1) is 12.7 Å². The number of aromatic nitrogens is 2. The van der Waals surface area contributed by atoms with Crippen molar-refractivity contribution in [1.29, 1.82) is 0 Å². The Labute approximate surface area is 167 Å². The van der Waals surface area contributed by atoms with E-state index in [0.29, 0.717) is 31.0 Å². The van der Waals surface area contributed by atoms with E-state index in [1.165, 1.54) is 16.8 Å². The van der Waals surface area contributed by atoms with Crippen molar-refractivity contribution in [1.82, 2.24) is 9.78 Å². The van der Waals surface area contributed by atoms with Crippen LogP contribution < -0.4 is 10.3 Å². The predicted octanol–water partition coefficient (Wildman–Crippen LogP) is 3.12. The Bertz CT molecular complexity index is 1090. The van der Waals surface area contributed by atoms with Gasteiger partial charge in [-0.1, -0.05) is 30.3 Å². The van der Waals surface area contributed by atoms with Crippen LogP contribution >= 0.6 is 0 Å². The van der Waals surface area contributed by atoms with Crippen LogP contribution in [0.2, 0.25) is 0 Å². The topological polar surface area (TPSA) is 64.4 Å². The minimum Gasteiger partial charge on any atom is -0.379 e. The highest BCUT2D eigenvalue weighted by molar-refractivity contribution is 6.05. The van der Waals surface area contributed by atoms with Gasteiger partial charge in [-0.2, -0.15) is 5.10 Å². The van der Waals surface area contributed by atoms with Crippen LogP contribution in [-0.2, 0) is 4.74 Å². The average molecular weight is 393 g/mol. The zero-order valence-corrected chi connectivity index (χ0v) is 15.9. The third-order valence-electron chi connectivity index (χ3n) is 4.91. The van der Waals surface area contributed by atoms with E-state index in [9.17, 15) is 14.0 Å². The van der Waals surface area contributed by atoms with E-state index in [-0.39, 0.29) is 17.4 Å². The molecule has 0 saturated carbocycles. The number of carbonyl (C=O) groups is 1. The number of hydrogen-bond donors (Lipinski definition) is 0. The molecule has 1 aliphatic heterocycles. The fourth-order valence-electron chi connectivity index (χ4n) is 3.49. The number of aryl methyl sites for hydroxylation is 1. The molecule has 1 unspecified atom stereocenters. The van der Waals surface area contributed by atoms with Crippen molar-refractivity contribution >= 4 is 11.6 Å². The second-order valence-corrected chi connectivity index (χ2v) is 6.89. The number of nitrogens with zero attached hydrogens (tertiary/aromatic N) is 3. The summed E-state index contributed by atoms with van der Waals surface area (Å²) in [7, 11) is 0. The monoisotopic (exact) mass is 393 g/mol. The van der Waals surface area contributed by atoms with Gasteiger partial charge in [0.2, 0.25) is 5.43 Å². The average Bonchev–Trinajstić information content (AvgIpc) is 3.24. The third-order valence-corrected chi connectivity index (χ3v) is 4.91. The molecule has 0 N–H and O–H groups in total. The maximum atomic E-state index is 14.3. The standard InChI is InChI=1S/C22H20FN3O3/c1-15-13-20(27)21(24-26(15)19-10-6-5-9-18(19)23)22(28)25(17-11-12-29-14-17)16-7-3-2-4-8-16/h2-10,13,17H,11-12,14H2,1H3. The fourth-order valence-corrected chi connectivity index (χ4v) is 3.49. The predicted molar refractivity (Wildman–Crippen MR) is 107 cm³/mol. The van der Waals surface area contributed by atoms with Gasteiger partial charge in [0.05, 0.1) is 12.6 Å². The number of ether oxygens (including phenoxy) is 1. The Morgan fingerprint density at radius 1 is 1.17 bits per heavy atom. The first-order chi connectivity index (χ1) is 14.1. The molecule has 1 aliphatic rings. The Morgan fingerprint density at radius 2 is 1.90 bits per heavy atom. The van der Waals surface area contributed by atoms with Crippen LogP contribution in [0.1, 0.15) is 22.6 Å². The third kappa shape index (κ3) is 3.69. The van der Waals surface area contributed by atoms with Gasteiger partial charge in [0.15, 0.2) is 5.69 Å². The molecule has 7 heteroatoms. The number of hydrogen-bond acceptors (Lipinski definition) is 4. The van der Waals surface area contributed by atoms with E-state index in [4.69, 9.17) is 4.74 Å². The molecule has 1 fully saturated rings.